The second kappa shape index (κ2) is 8.30. The first-order valence-corrected chi connectivity index (χ1v) is 8.38. The highest BCUT2D eigenvalue weighted by molar-refractivity contribution is 5.80. The molecular formula is C19H24N4O. The van der Waals surface area contributed by atoms with Crippen molar-refractivity contribution in [3.05, 3.63) is 47.0 Å². The van der Waals surface area contributed by atoms with Gasteiger partial charge in [-0.1, -0.05) is 52.0 Å². The third-order valence-electron chi connectivity index (χ3n) is 4.07. The number of rotatable bonds is 7. The highest BCUT2D eigenvalue weighted by Crippen LogP contribution is 2.27. The molecule has 2 rings (SSSR count). The second-order valence-electron chi connectivity index (χ2n) is 6.05. The maximum absolute atomic E-state index is 9.19. The zero-order valence-corrected chi connectivity index (χ0v) is 14.7. The number of hydrazone groups is 1. The number of nitrogens with zero attached hydrogens (tertiary/aromatic N) is 3. The van der Waals surface area contributed by atoms with Gasteiger partial charge in [0, 0.05) is 5.92 Å². The third kappa shape index (κ3) is 4.23. The molecule has 1 aromatic heterocycles. The van der Waals surface area contributed by atoms with Gasteiger partial charge in [0.15, 0.2) is 0 Å². The average Bonchev–Trinajstić information content (AvgIpc) is 2.99. The molecule has 0 aliphatic heterocycles. The number of hydrogen-bond donors (Lipinski definition) is 1. The van der Waals surface area contributed by atoms with Gasteiger partial charge in [0.25, 0.3) is 5.88 Å². The summed E-state index contributed by atoms with van der Waals surface area (Å²) < 4.78 is 5.68. The molecule has 2 aromatic rings. The monoisotopic (exact) mass is 324 g/mol. The molecule has 5 heteroatoms. The largest absolute Gasteiger partial charge is 0.422 e. The Kier molecular flexibility index (Phi) is 6.14. The van der Waals surface area contributed by atoms with Crippen LogP contribution in [0.15, 0.2) is 33.8 Å². The molecular weight excluding hydrogens is 300 g/mol. The predicted molar refractivity (Wildman–Crippen MR) is 96.3 cm³/mol. The van der Waals surface area contributed by atoms with Crippen LogP contribution in [0.3, 0.4) is 0 Å². The standard InChI is InChI=1S/C19H24N4O/c1-5-15(6-2)18-22-17(11-20)19(24-18)23-21-12-14-7-9-16(10-8-14)13(3)4/h7-10,12-13,15,23H,5-6H2,1-4H3. The van der Waals surface area contributed by atoms with E-state index in [-0.39, 0.29) is 11.6 Å². The molecule has 1 heterocycles. The first-order valence-electron chi connectivity index (χ1n) is 8.38. The van der Waals surface area contributed by atoms with E-state index in [2.05, 4.69) is 55.3 Å². The Hall–Kier alpha value is -2.61. The maximum atomic E-state index is 9.19. The summed E-state index contributed by atoms with van der Waals surface area (Å²) in [5.41, 5.74) is 5.30. The van der Waals surface area contributed by atoms with E-state index in [1.807, 2.05) is 18.2 Å². The minimum Gasteiger partial charge on any atom is -0.422 e. The van der Waals surface area contributed by atoms with E-state index in [1.165, 1.54) is 5.56 Å². The number of hydrogen-bond acceptors (Lipinski definition) is 5. The zero-order valence-electron chi connectivity index (χ0n) is 14.7. The molecule has 1 aromatic carbocycles. The highest BCUT2D eigenvalue weighted by Gasteiger charge is 2.18. The number of oxazole rings is 1. The van der Waals surface area contributed by atoms with Crippen molar-refractivity contribution in [3.8, 4) is 6.07 Å². The number of nitrogens with one attached hydrogen (secondary N) is 1. The van der Waals surface area contributed by atoms with E-state index in [9.17, 15) is 5.26 Å². The van der Waals surface area contributed by atoms with Crippen molar-refractivity contribution >= 4 is 12.1 Å². The molecule has 1 N–H and O–H groups in total. The van der Waals surface area contributed by atoms with Crippen LogP contribution in [0, 0.1) is 11.3 Å². The lowest BCUT2D eigenvalue weighted by Crippen LogP contribution is -1.95. The summed E-state index contributed by atoms with van der Waals surface area (Å²) in [7, 11) is 0. The highest BCUT2D eigenvalue weighted by atomic mass is 16.4. The Labute approximate surface area is 143 Å². The van der Waals surface area contributed by atoms with Crippen LogP contribution >= 0.6 is 0 Å². The molecule has 0 amide bonds. The van der Waals surface area contributed by atoms with Crippen molar-refractivity contribution in [3.63, 3.8) is 0 Å². The molecule has 0 spiro atoms. The van der Waals surface area contributed by atoms with Crippen LogP contribution in [0.25, 0.3) is 0 Å². The van der Waals surface area contributed by atoms with Gasteiger partial charge in [0.05, 0.1) is 6.21 Å². The molecule has 0 radical (unpaired) electrons. The fraction of sp³-hybridized carbons (Fsp3) is 0.421. The van der Waals surface area contributed by atoms with Crippen molar-refractivity contribution < 1.29 is 4.42 Å². The van der Waals surface area contributed by atoms with E-state index < -0.39 is 0 Å². The summed E-state index contributed by atoms with van der Waals surface area (Å²) in [5.74, 6) is 1.62. The summed E-state index contributed by atoms with van der Waals surface area (Å²) in [6, 6.07) is 10.3. The van der Waals surface area contributed by atoms with Crippen molar-refractivity contribution in [2.45, 2.75) is 52.4 Å². The van der Waals surface area contributed by atoms with Gasteiger partial charge in [-0.3, -0.25) is 0 Å². The van der Waals surface area contributed by atoms with Gasteiger partial charge < -0.3 is 4.42 Å². The van der Waals surface area contributed by atoms with Gasteiger partial charge in [0.2, 0.25) is 11.6 Å². The molecule has 0 saturated heterocycles. The van der Waals surface area contributed by atoms with Crippen LogP contribution in [-0.4, -0.2) is 11.2 Å². The predicted octanol–water partition coefficient (Wildman–Crippen LogP) is 5.02. The van der Waals surface area contributed by atoms with Crippen molar-refractivity contribution in [1.29, 1.82) is 5.26 Å². The Morgan fingerprint density at radius 3 is 2.46 bits per heavy atom. The topological polar surface area (TPSA) is 74.2 Å². The fourth-order valence-electron chi connectivity index (χ4n) is 2.43. The van der Waals surface area contributed by atoms with E-state index >= 15 is 0 Å². The van der Waals surface area contributed by atoms with Gasteiger partial charge in [-0.15, -0.1) is 0 Å². The quantitative estimate of drug-likeness (QED) is 0.573. The lowest BCUT2D eigenvalue weighted by atomic mass is 10.0. The van der Waals surface area contributed by atoms with Crippen LogP contribution in [0.4, 0.5) is 5.88 Å². The Balaban J connectivity index is 2.09. The van der Waals surface area contributed by atoms with Crippen LogP contribution in [-0.2, 0) is 0 Å². The van der Waals surface area contributed by atoms with Gasteiger partial charge in [-0.25, -0.2) is 10.4 Å². The van der Waals surface area contributed by atoms with Gasteiger partial charge in [-0.2, -0.15) is 10.4 Å². The number of nitriles is 1. The Morgan fingerprint density at radius 1 is 1.25 bits per heavy atom. The minimum absolute atomic E-state index is 0.222. The molecule has 0 saturated carbocycles. The summed E-state index contributed by atoms with van der Waals surface area (Å²) in [5, 5.41) is 13.4. The first-order chi connectivity index (χ1) is 11.6. The normalized spacial score (nSPS) is 11.4. The summed E-state index contributed by atoms with van der Waals surface area (Å²) in [4.78, 5) is 4.26. The molecule has 5 nitrogen and oxygen atoms in total. The van der Waals surface area contributed by atoms with Gasteiger partial charge in [0.1, 0.15) is 6.07 Å². The number of benzene rings is 1. The smallest absolute Gasteiger partial charge is 0.252 e. The molecule has 0 fully saturated rings. The Bertz CT molecular complexity index is 719. The van der Waals surface area contributed by atoms with Crippen molar-refractivity contribution in [2.24, 2.45) is 5.10 Å². The number of aromatic nitrogens is 1. The van der Waals surface area contributed by atoms with Crippen LogP contribution < -0.4 is 5.43 Å². The second-order valence-corrected chi connectivity index (χ2v) is 6.05. The van der Waals surface area contributed by atoms with Crippen molar-refractivity contribution in [2.75, 3.05) is 5.43 Å². The summed E-state index contributed by atoms with van der Waals surface area (Å²) >= 11 is 0. The molecule has 24 heavy (non-hydrogen) atoms. The molecule has 0 aliphatic carbocycles. The molecule has 0 unspecified atom stereocenters. The number of anilines is 1. The van der Waals surface area contributed by atoms with Gasteiger partial charge >= 0.3 is 0 Å². The summed E-state index contributed by atoms with van der Waals surface area (Å²) in [6.45, 7) is 8.48. The minimum atomic E-state index is 0.222. The molecule has 126 valence electrons. The first kappa shape index (κ1) is 17.7. The van der Waals surface area contributed by atoms with E-state index in [4.69, 9.17) is 4.42 Å². The van der Waals surface area contributed by atoms with Crippen LogP contribution in [0.5, 0.6) is 0 Å². The van der Waals surface area contributed by atoms with Crippen LogP contribution in [0.1, 0.15) is 75.1 Å². The lowest BCUT2D eigenvalue weighted by molar-refractivity contribution is 0.439. The third-order valence-corrected chi connectivity index (χ3v) is 4.07. The van der Waals surface area contributed by atoms with Crippen molar-refractivity contribution in [1.82, 2.24) is 4.98 Å². The molecule has 0 aliphatic rings. The SMILES string of the molecule is CCC(CC)c1nc(C#N)c(NN=Cc2ccc(C(C)C)cc2)o1. The molecule has 0 atom stereocenters. The lowest BCUT2D eigenvalue weighted by Gasteiger charge is -2.05. The van der Waals surface area contributed by atoms with Crippen LogP contribution in [0.2, 0.25) is 0 Å². The summed E-state index contributed by atoms with van der Waals surface area (Å²) in [6.07, 6.45) is 3.55. The fourth-order valence-corrected chi connectivity index (χ4v) is 2.43. The van der Waals surface area contributed by atoms with E-state index in [1.54, 1.807) is 6.21 Å². The molecule has 0 bridgehead atoms. The zero-order chi connectivity index (χ0) is 17.5. The maximum Gasteiger partial charge on any atom is 0.252 e. The van der Waals surface area contributed by atoms with Gasteiger partial charge in [-0.05, 0) is 29.9 Å². The average molecular weight is 324 g/mol. The Morgan fingerprint density at radius 2 is 1.92 bits per heavy atom. The van der Waals surface area contributed by atoms with E-state index in [0.29, 0.717) is 17.7 Å². The van der Waals surface area contributed by atoms with E-state index in [0.717, 1.165) is 18.4 Å².